The third kappa shape index (κ3) is 4.28. The van der Waals surface area contributed by atoms with Gasteiger partial charge in [0.15, 0.2) is 11.6 Å². The monoisotopic (exact) mass is 376 g/mol. The molecule has 0 amide bonds. The fraction of sp³-hybridized carbons (Fsp3) is 0.292. The molecule has 1 aliphatic carbocycles. The Balaban J connectivity index is 1.87. The molecule has 3 rings (SSSR count). The van der Waals surface area contributed by atoms with Crippen LogP contribution in [-0.2, 0) is 9.53 Å². The first-order valence-corrected chi connectivity index (χ1v) is 9.76. The van der Waals surface area contributed by atoms with Gasteiger partial charge in [0.05, 0.1) is 0 Å². The summed E-state index contributed by atoms with van der Waals surface area (Å²) in [5.41, 5.74) is 1.98. The van der Waals surface area contributed by atoms with Gasteiger partial charge < -0.3 is 4.74 Å². The maximum atomic E-state index is 13.1. The van der Waals surface area contributed by atoms with Crippen molar-refractivity contribution >= 4 is 23.1 Å². The Morgan fingerprint density at radius 1 is 0.821 bits per heavy atom. The molecule has 0 radical (unpaired) electrons. The third-order valence-corrected chi connectivity index (χ3v) is 4.89. The van der Waals surface area contributed by atoms with E-state index >= 15 is 0 Å². The van der Waals surface area contributed by atoms with Crippen LogP contribution >= 0.6 is 0 Å². The van der Waals surface area contributed by atoms with E-state index in [1.54, 1.807) is 36.4 Å². The predicted molar refractivity (Wildman–Crippen MR) is 108 cm³/mol. The van der Waals surface area contributed by atoms with E-state index in [-0.39, 0.29) is 29.7 Å². The zero-order valence-electron chi connectivity index (χ0n) is 16.1. The molecule has 0 atom stereocenters. The molecular formula is C24H24O4. The van der Waals surface area contributed by atoms with Crippen molar-refractivity contribution in [3.63, 3.8) is 0 Å². The second kappa shape index (κ2) is 9.27. The summed E-state index contributed by atoms with van der Waals surface area (Å²) in [5.74, 6) is -0.807. The highest BCUT2D eigenvalue weighted by atomic mass is 16.5. The van der Waals surface area contributed by atoms with Crippen LogP contribution < -0.4 is 0 Å². The number of rotatable bonds is 8. The number of hydrogen-bond acceptors (Lipinski definition) is 4. The number of ether oxygens (including phenoxy) is 1. The van der Waals surface area contributed by atoms with Gasteiger partial charge in [0.25, 0.3) is 0 Å². The summed E-state index contributed by atoms with van der Waals surface area (Å²) in [4.78, 5) is 38.3. The van der Waals surface area contributed by atoms with Gasteiger partial charge in [-0.2, -0.15) is 0 Å². The van der Waals surface area contributed by atoms with Crippen LogP contribution in [0, 0.1) is 0 Å². The minimum Gasteiger partial charge on any atom is -0.461 e. The quantitative estimate of drug-likeness (QED) is 0.479. The molecule has 28 heavy (non-hydrogen) atoms. The molecule has 2 aromatic carbocycles. The number of fused-ring (bicyclic) bond motifs is 1. The lowest BCUT2D eigenvalue weighted by atomic mass is 9.81. The lowest BCUT2D eigenvalue weighted by Crippen LogP contribution is -2.24. The maximum Gasteiger partial charge on any atom is 0.306 e. The number of carbonyl (C=O) groups is 3. The van der Waals surface area contributed by atoms with E-state index in [9.17, 15) is 14.4 Å². The van der Waals surface area contributed by atoms with Gasteiger partial charge in [-0.25, -0.2) is 0 Å². The molecule has 0 aromatic heterocycles. The fourth-order valence-corrected chi connectivity index (χ4v) is 3.40. The number of ketones is 2. The number of unbranched alkanes of at least 4 members (excludes halogenated alkanes) is 3. The van der Waals surface area contributed by atoms with Gasteiger partial charge >= 0.3 is 5.97 Å². The molecule has 0 saturated carbocycles. The highest BCUT2D eigenvalue weighted by Gasteiger charge is 2.33. The standard InChI is InChI=1S/C24H24O4/c1-2-3-4-8-15-21(25)28-16-20-22(17-11-6-5-7-12-17)24(27)19-14-10-9-13-18(19)23(20)26/h5-7,9-14H,2-4,8,15-16H2,1H3. The number of Topliss-reactive ketones (excluding diaryl/α,β-unsaturated/α-hetero) is 2. The summed E-state index contributed by atoms with van der Waals surface area (Å²) < 4.78 is 5.38. The van der Waals surface area contributed by atoms with Crippen LogP contribution in [0.1, 0.15) is 65.3 Å². The molecule has 0 bridgehead atoms. The van der Waals surface area contributed by atoms with E-state index < -0.39 is 0 Å². The first-order chi connectivity index (χ1) is 13.6. The molecule has 4 nitrogen and oxygen atoms in total. The van der Waals surface area contributed by atoms with Crippen molar-refractivity contribution in [3.8, 4) is 0 Å². The van der Waals surface area contributed by atoms with Crippen molar-refractivity contribution in [1.82, 2.24) is 0 Å². The molecule has 0 spiro atoms. The van der Waals surface area contributed by atoms with Crippen molar-refractivity contribution in [2.75, 3.05) is 6.61 Å². The first kappa shape index (κ1) is 19.7. The molecule has 0 N–H and O–H groups in total. The van der Waals surface area contributed by atoms with Gasteiger partial charge in [-0.3, -0.25) is 14.4 Å². The number of allylic oxidation sites excluding steroid dienone is 1. The third-order valence-electron chi connectivity index (χ3n) is 4.89. The zero-order valence-corrected chi connectivity index (χ0v) is 16.1. The SMILES string of the molecule is CCCCCCC(=O)OCC1=C(c2ccccc2)C(=O)c2ccccc2C1=O. The van der Waals surface area contributed by atoms with Gasteiger partial charge in [0, 0.05) is 28.7 Å². The molecule has 0 fully saturated rings. The Morgan fingerprint density at radius 3 is 2.14 bits per heavy atom. The summed E-state index contributed by atoms with van der Waals surface area (Å²) in [6.45, 7) is 1.93. The van der Waals surface area contributed by atoms with E-state index in [1.165, 1.54) is 0 Å². The summed E-state index contributed by atoms with van der Waals surface area (Å²) in [6, 6.07) is 15.9. The summed E-state index contributed by atoms with van der Waals surface area (Å²) in [7, 11) is 0. The molecule has 2 aromatic rings. The molecule has 1 aliphatic rings. The Bertz CT molecular complexity index is 909. The van der Waals surface area contributed by atoms with Crippen molar-refractivity contribution in [2.24, 2.45) is 0 Å². The van der Waals surface area contributed by atoms with Crippen LogP contribution in [-0.4, -0.2) is 24.1 Å². The van der Waals surface area contributed by atoms with Crippen molar-refractivity contribution in [2.45, 2.75) is 39.0 Å². The highest BCUT2D eigenvalue weighted by molar-refractivity contribution is 6.40. The molecule has 0 heterocycles. The second-order valence-electron chi connectivity index (χ2n) is 6.89. The Hall–Kier alpha value is -3.01. The van der Waals surface area contributed by atoms with Crippen LogP contribution in [0.2, 0.25) is 0 Å². The van der Waals surface area contributed by atoms with Crippen molar-refractivity contribution < 1.29 is 19.1 Å². The first-order valence-electron chi connectivity index (χ1n) is 9.76. The topological polar surface area (TPSA) is 60.4 Å². The van der Waals surface area contributed by atoms with E-state index in [0.717, 1.165) is 25.7 Å². The van der Waals surface area contributed by atoms with Gasteiger partial charge in [0.2, 0.25) is 0 Å². The normalized spacial score (nSPS) is 13.5. The van der Waals surface area contributed by atoms with Crippen LogP contribution in [0.5, 0.6) is 0 Å². The number of carbonyl (C=O) groups excluding carboxylic acids is 3. The predicted octanol–water partition coefficient (Wildman–Crippen LogP) is 5.03. The van der Waals surface area contributed by atoms with Crippen molar-refractivity contribution in [1.29, 1.82) is 0 Å². The molecule has 4 heteroatoms. The van der Waals surface area contributed by atoms with Gasteiger partial charge in [-0.05, 0) is 12.0 Å². The largest absolute Gasteiger partial charge is 0.461 e. The summed E-state index contributed by atoms with van der Waals surface area (Å²) in [5, 5.41) is 0. The van der Waals surface area contributed by atoms with Crippen LogP contribution in [0.3, 0.4) is 0 Å². The van der Waals surface area contributed by atoms with E-state index in [0.29, 0.717) is 28.7 Å². The van der Waals surface area contributed by atoms with Crippen LogP contribution in [0.4, 0.5) is 0 Å². The minimum atomic E-state index is -0.338. The molecule has 0 unspecified atom stereocenters. The molecule has 0 saturated heterocycles. The lowest BCUT2D eigenvalue weighted by Gasteiger charge is -2.21. The maximum absolute atomic E-state index is 13.1. The zero-order chi connectivity index (χ0) is 19.9. The Morgan fingerprint density at radius 2 is 1.46 bits per heavy atom. The number of esters is 1. The summed E-state index contributed by atoms with van der Waals surface area (Å²) >= 11 is 0. The average Bonchev–Trinajstić information content (AvgIpc) is 2.73. The summed E-state index contributed by atoms with van der Waals surface area (Å²) in [6.07, 6.45) is 4.26. The number of hydrogen-bond donors (Lipinski definition) is 0. The van der Waals surface area contributed by atoms with Gasteiger partial charge in [0.1, 0.15) is 6.61 Å². The van der Waals surface area contributed by atoms with Crippen LogP contribution in [0.15, 0.2) is 60.2 Å². The number of benzene rings is 2. The van der Waals surface area contributed by atoms with Gasteiger partial charge in [-0.1, -0.05) is 80.8 Å². The molecule has 0 aliphatic heterocycles. The minimum absolute atomic E-state index is 0.185. The fourth-order valence-electron chi connectivity index (χ4n) is 3.40. The highest BCUT2D eigenvalue weighted by Crippen LogP contribution is 2.32. The Labute approximate surface area is 165 Å². The Kier molecular flexibility index (Phi) is 6.53. The molecule has 144 valence electrons. The van der Waals surface area contributed by atoms with Crippen LogP contribution in [0.25, 0.3) is 5.57 Å². The van der Waals surface area contributed by atoms with Crippen molar-refractivity contribution in [3.05, 3.63) is 76.9 Å². The van der Waals surface area contributed by atoms with E-state index in [4.69, 9.17) is 4.74 Å². The van der Waals surface area contributed by atoms with Gasteiger partial charge in [-0.15, -0.1) is 0 Å². The average molecular weight is 376 g/mol. The molecular weight excluding hydrogens is 352 g/mol. The van der Waals surface area contributed by atoms with E-state index in [1.807, 2.05) is 18.2 Å². The lowest BCUT2D eigenvalue weighted by molar-refractivity contribution is -0.142. The smallest absolute Gasteiger partial charge is 0.306 e. The van der Waals surface area contributed by atoms with E-state index in [2.05, 4.69) is 6.92 Å². The second-order valence-corrected chi connectivity index (χ2v) is 6.89.